The molecule has 2 amide bonds. The van der Waals surface area contributed by atoms with Crippen molar-refractivity contribution in [3.63, 3.8) is 0 Å². The molecule has 2 N–H and O–H groups in total. The summed E-state index contributed by atoms with van der Waals surface area (Å²) in [5.41, 5.74) is -4.11. The van der Waals surface area contributed by atoms with Gasteiger partial charge in [-0.3, -0.25) is 4.79 Å². The lowest BCUT2D eigenvalue weighted by Crippen LogP contribution is -2.57. The Kier molecular flexibility index (Phi) is 9.22. The van der Waals surface area contributed by atoms with E-state index in [2.05, 4.69) is 20.0 Å². The average molecular weight is 687 g/mol. The number of carboxylic acids is 1. The highest BCUT2D eigenvalue weighted by molar-refractivity contribution is 5.90. The van der Waals surface area contributed by atoms with E-state index in [0.29, 0.717) is 25.3 Å². The van der Waals surface area contributed by atoms with Gasteiger partial charge in [0.2, 0.25) is 11.8 Å². The second-order valence-corrected chi connectivity index (χ2v) is 13.4. The number of alkyl halides is 5. The maximum Gasteiger partial charge on any atom is 0.573 e. The number of alkyl carbamates (subject to hydrolysis) is 1. The molecule has 262 valence electrons. The topological polar surface area (TPSA) is 149 Å². The Hall–Kier alpha value is -4.28. The molecule has 0 unspecified atom stereocenters. The third kappa shape index (κ3) is 7.71. The van der Waals surface area contributed by atoms with Crippen LogP contribution in [-0.2, 0) is 25.0 Å². The largest absolute Gasteiger partial charge is 0.573 e. The van der Waals surface area contributed by atoms with E-state index >= 15 is 8.78 Å². The number of hydrogen-bond donors (Lipinski definition) is 2. The van der Waals surface area contributed by atoms with Gasteiger partial charge < -0.3 is 34.3 Å². The average Bonchev–Trinajstić information content (AvgIpc) is 3.55. The fraction of sp³-hybridized carbons (Fsp3) is 0.581. The van der Waals surface area contributed by atoms with Gasteiger partial charge in [-0.1, -0.05) is 26.8 Å². The fourth-order valence-electron chi connectivity index (χ4n) is 6.09. The van der Waals surface area contributed by atoms with Crippen LogP contribution in [0.2, 0.25) is 0 Å². The number of carbonyl (C=O) groups excluding carboxylic acids is 2. The predicted molar refractivity (Wildman–Crippen MR) is 156 cm³/mol. The summed E-state index contributed by atoms with van der Waals surface area (Å²) in [4.78, 5) is 48.5. The van der Waals surface area contributed by atoms with Crippen LogP contribution in [0.25, 0.3) is 11.0 Å². The Morgan fingerprint density at radius 2 is 1.81 bits per heavy atom. The summed E-state index contributed by atoms with van der Waals surface area (Å²) in [5, 5.41) is 12.7. The van der Waals surface area contributed by atoms with Crippen molar-refractivity contribution in [3.8, 4) is 11.6 Å². The van der Waals surface area contributed by atoms with Gasteiger partial charge in [-0.2, -0.15) is 8.78 Å². The van der Waals surface area contributed by atoms with E-state index in [4.69, 9.17) is 14.2 Å². The van der Waals surface area contributed by atoms with E-state index in [1.165, 1.54) is 6.92 Å². The van der Waals surface area contributed by atoms with Crippen LogP contribution >= 0.6 is 0 Å². The van der Waals surface area contributed by atoms with Crippen LogP contribution in [0.1, 0.15) is 59.1 Å². The number of rotatable bonds is 2. The number of amides is 2. The normalized spacial score (nSPS) is 29.1. The smallest absolute Gasteiger partial charge is 0.480 e. The number of hydrogen-bond acceptors (Lipinski definition) is 9. The van der Waals surface area contributed by atoms with Crippen molar-refractivity contribution < 1.29 is 60.4 Å². The van der Waals surface area contributed by atoms with Crippen LogP contribution < -0.4 is 14.8 Å². The molecule has 1 saturated heterocycles. The number of carbonyl (C=O) groups is 3. The standard InChI is InChI=1S/C31H35F5N4O8/c1-28(2,3)23-25(41)40-15-29(4,14-19(40)26(42)43)48-24-22(37-18-13-16(47-31(34,35)36)9-10-17(18)38-24)30(32,33)11-6-12-45-20-7-5-8-21(20)46-27(44)39-23/h6,9-11,13,19-21,23H,5,7-8,12,14-15H2,1-4H3,(H,39,44)(H,42,43)/b11-6+/t19-,20+,21+,23+,29+/m0/s1. The number of halogens is 5. The zero-order valence-corrected chi connectivity index (χ0v) is 26.5. The molecule has 2 aliphatic heterocycles. The monoisotopic (exact) mass is 686 g/mol. The van der Waals surface area contributed by atoms with Gasteiger partial charge in [-0.15, -0.1) is 13.2 Å². The minimum atomic E-state index is -5.06. The Morgan fingerprint density at radius 1 is 1.10 bits per heavy atom. The zero-order valence-electron chi connectivity index (χ0n) is 26.5. The van der Waals surface area contributed by atoms with Crippen LogP contribution in [-0.4, -0.2) is 87.4 Å². The summed E-state index contributed by atoms with van der Waals surface area (Å²) in [6.45, 7) is 5.67. The molecule has 5 atom stereocenters. The third-order valence-corrected chi connectivity index (χ3v) is 8.33. The number of nitrogens with one attached hydrogen (secondary N) is 1. The molecule has 0 spiro atoms. The van der Waals surface area contributed by atoms with Crippen molar-refractivity contribution in [2.24, 2.45) is 5.41 Å². The first-order valence-corrected chi connectivity index (χ1v) is 15.2. The summed E-state index contributed by atoms with van der Waals surface area (Å²) in [7, 11) is 0. The number of aromatic nitrogens is 2. The number of ether oxygens (including phenoxy) is 4. The number of benzene rings is 1. The van der Waals surface area contributed by atoms with Crippen molar-refractivity contribution >= 4 is 29.0 Å². The van der Waals surface area contributed by atoms with Crippen LogP contribution in [0.15, 0.2) is 30.4 Å². The Balaban J connectivity index is 1.61. The van der Waals surface area contributed by atoms with Gasteiger partial charge in [0.15, 0.2) is 5.69 Å². The Bertz CT molecular complexity index is 1610. The van der Waals surface area contributed by atoms with Crippen molar-refractivity contribution in [3.05, 3.63) is 36.0 Å². The minimum Gasteiger partial charge on any atom is -0.480 e. The molecule has 5 rings (SSSR count). The van der Waals surface area contributed by atoms with E-state index in [9.17, 15) is 32.7 Å². The maximum absolute atomic E-state index is 15.9. The van der Waals surface area contributed by atoms with Gasteiger partial charge >= 0.3 is 24.3 Å². The van der Waals surface area contributed by atoms with Gasteiger partial charge in [-0.25, -0.2) is 19.6 Å². The number of allylic oxidation sites excluding steroid dienone is 1. The number of aliphatic carboxylic acids is 1. The van der Waals surface area contributed by atoms with E-state index in [0.717, 1.165) is 29.2 Å². The molecule has 1 aromatic heterocycles. The van der Waals surface area contributed by atoms with Crippen molar-refractivity contribution in [1.82, 2.24) is 20.2 Å². The van der Waals surface area contributed by atoms with Gasteiger partial charge in [0, 0.05) is 12.5 Å². The molecular weight excluding hydrogens is 651 g/mol. The van der Waals surface area contributed by atoms with Crippen LogP contribution in [0.4, 0.5) is 26.7 Å². The molecule has 3 heterocycles. The summed E-state index contributed by atoms with van der Waals surface area (Å²) in [5.74, 6) is -7.54. The highest BCUT2D eigenvalue weighted by Gasteiger charge is 2.52. The summed E-state index contributed by atoms with van der Waals surface area (Å²) >= 11 is 0. The number of carboxylic acid groups (broad SMARTS) is 1. The van der Waals surface area contributed by atoms with E-state index in [1.807, 2.05) is 0 Å². The molecule has 2 bridgehead atoms. The first kappa shape index (κ1) is 35.0. The number of nitrogens with zero attached hydrogens (tertiary/aromatic N) is 3. The second-order valence-electron chi connectivity index (χ2n) is 13.4. The summed E-state index contributed by atoms with van der Waals surface area (Å²) in [6, 6.07) is 0.0460. The summed E-state index contributed by atoms with van der Waals surface area (Å²) < 4.78 is 91.6. The first-order valence-electron chi connectivity index (χ1n) is 15.2. The molecule has 1 saturated carbocycles. The lowest BCUT2D eigenvalue weighted by Gasteiger charge is -2.35. The van der Waals surface area contributed by atoms with Gasteiger partial charge in [0.1, 0.15) is 29.5 Å². The van der Waals surface area contributed by atoms with Crippen LogP contribution in [0.3, 0.4) is 0 Å². The lowest BCUT2D eigenvalue weighted by atomic mass is 9.85. The van der Waals surface area contributed by atoms with Crippen LogP contribution in [0.5, 0.6) is 11.6 Å². The molecule has 2 fully saturated rings. The van der Waals surface area contributed by atoms with E-state index < -0.39 is 89.4 Å². The van der Waals surface area contributed by atoms with Gasteiger partial charge in [0.25, 0.3) is 0 Å². The van der Waals surface area contributed by atoms with E-state index in [1.54, 1.807) is 20.8 Å². The molecule has 2 aromatic rings. The molecule has 3 aliphatic rings. The highest BCUT2D eigenvalue weighted by Crippen LogP contribution is 2.40. The molecule has 0 radical (unpaired) electrons. The number of fused-ring (bicyclic) bond motifs is 5. The zero-order chi connectivity index (χ0) is 35.2. The third-order valence-electron chi connectivity index (χ3n) is 8.33. The predicted octanol–water partition coefficient (Wildman–Crippen LogP) is 5.09. The van der Waals surface area contributed by atoms with Crippen molar-refractivity contribution in [1.29, 1.82) is 0 Å². The quantitative estimate of drug-likeness (QED) is 0.323. The molecule has 12 nitrogen and oxygen atoms in total. The van der Waals surface area contributed by atoms with Gasteiger partial charge in [0.05, 0.1) is 30.3 Å². The molecule has 17 heteroatoms. The Morgan fingerprint density at radius 3 is 2.48 bits per heavy atom. The molecule has 1 aliphatic carbocycles. The maximum atomic E-state index is 15.9. The minimum absolute atomic E-state index is 0.124. The van der Waals surface area contributed by atoms with Crippen molar-refractivity contribution in [2.75, 3.05) is 13.2 Å². The second kappa shape index (κ2) is 12.6. The molecule has 1 aromatic carbocycles. The first-order chi connectivity index (χ1) is 22.2. The SMILES string of the molecule is CC(C)(C)[C@@H]1NC(=O)O[C@@H]2CCC[C@H]2OC/C=C/C(F)(F)c2nc3cc(OC(F)(F)F)ccc3nc2O[C@]2(C)C[C@@H](C(=O)O)N(C2)C1=O. The fourth-order valence-corrected chi connectivity index (χ4v) is 6.09. The molecular formula is C31H35F5N4O8. The van der Waals surface area contributed by atoms with Crippen molar-refractivity contribution in [2.45, 2.75) is 95.6 Å². The molecule has 48 heavy (non-hydrogen) atoms. The highest BCUT2D eigenvalue weighted by atomic mass is 19.4. The van der Waals surface area contributed by atoms with Crippen LogP contribution in [0, 0.1) is 5.41 Å². The van der Waals surface area contributed by atoms with E-state index in [-0.39, 0.29) is 24.1 Å². The Labute approximate surface area is 271 Å². The summed E-state index contributed by atoms with van der Waals surface area (Å²) in [6.07, 6.45) is -4.74. The lowest BCUT2D eigenvalue weighted by molar-refractivity contribution is -0.274. The van der Waals surface area contributed by atoms with Gasteiger partial charge in [-0.05, 0) is 49.8 Å².